The van der Waals surface area contributed by atoms with Crippen molar-refractivity contribution >= 4 is 11.0 Å². The molecule has 5 nitrogen and oxygen atoms in total. The third-order valence-electron chi connectivity index (χ3n) is 3.29. The number of hydrogen-bond acceptors (Lipinski definition) is 4. The van der Waals surface area contributed by atoms with Crippen molar-refractivity contribution in [3.05, 3.63) is 18.0 Å². The molecule has 17 heavy (non-hydrogen) atoms. The van der Waals surface area contributed by atoms with Gasteiger partial charge in [0.2, 0.25) is 0 Å². The molecule has 1 aliphatic rings. The van der Waals surface area contributed by atoms with Crippen LogP contribution >= 0.6 is 0 Å². The number of aromatic hydroxyl groups is 1. The number of pyridine rings is 1. The van der Waals surface area contributed by atoms with Gasteiger partial charge < -0.3 is 9.84 Å². The predicted octanol–water partition coefficient (Wildman–Crippen LogP) is 2.14. The Hall–Kier alpha value is -1.62. The first kappa shape index (κ1) is 10.5. The zero-order valence-electron chi connectivity index (χ0n) is 9.76. The highest BCUT2D eigenvalue weighted by Gasteiger charge is 2.20. The molecule has 1 unspecified atom stereocenters. The number of fused-ring (bicyclic) bond motifs is 1. The fraction of sp³-hybridized carbons (Fsp3) is 0.500. The highest BCUT2D eigenvalue weighted by Crippen LogP contribution is 2.28. The number of nitrogens with zero attached hydrogens (tertiary/aromatic N) is 3. The molecule has 3 rings (SSSR count). The van der Waals surface area contributed by atoms with E-state index in [2.05, 4.69) is 10.1 Å². The number of aryl methyl sites for hydroxylation is 1. The quantitative estimate of drug-likeness (QED) is 0.819. The van der Waals surface area contributed by atoms with Gasteiger partial charge in [-0.15, -0.1) is 0 Å². The second kappa shape index (κ2) is 4.00. The van der Waals surface area contributed by atoms with Crippen LogP contribution in [0.4, 0.5) is 0 Å². The van der Waals surface area contributed by atoms with Gasteiger partial charge in [0.05, 0.1) is 12.4 Å². The summed E-state index contributed by atoms with van der Waals surface area (Å²) < 4.78 is 7.52. The van der Waals surface area contributed by atoms with Crippen molar-refractivity contribution in [1.82, 2.24) is 14.8 Å². The van der Waals surface area contributed by atoms with Crippen LogP contribution in [0.25, 0.3) is 11.0 Å². The molecule has 1 saturated heterocycles. The van der Waals surface area contributed by atoms with Gasteiger partial charge in [-0.3, -0.25) is 0 Å². The maximum atomic E-state index is 9.61. The van der Waals surface area contributed by atoms with Crippen molar-refractivity contribution < 1.29 is 9.84 Å². The Balaban J connectivity index is 2.08. The Morgan fingerprint density at radius 1 is 1.41 bits per heavy atom. The topological polar surface area (TPSA) is 60.2 Å². The third-order valence-corrected chi connectivity index (χ3v) is 3.29. The minimum absolute atomic E-state index is 0.0160. The molecule has 0 spiro atoms. The van der Waals surface area contributed by atoms with Crippen LogP contribution in [-0.4, -0.2) is 26.5 Å². The highest BCUT2D eigenvalue weighted by molar-refractivity contribution is 5.80. The molecule has 2 aromatic heterocycles. The molecule has 1 aliphatic heterocycles. The van der Waals surface area contributed by atoms with Crippen molar-refractivity contribution in [2.24, 2.45) is 0 Å². The Bertz CT molecular complexity index is 544. The molecule has 0 aromatic carbocycles. The number of ether oxygens (including phenoxy) is 1. The van der Waals surface area contributed by atoms with Crippen molar-refractivity contribution in [3.8, 4) is 5.75 Å². The van der Waals surface area contributed by atoms with Crippen LogP contribution in [0, 0.1) is 6.92 Å². The van der Waals surface area contributed by atoms with Crippen molar-refractivity contribution in [3.63, 3.8) is 0 Å². The molecule has 0 aliphatic carbocycles. The summed E-state index contributed by atoms with van der Waals surface area (Å²) in [5.41, 5.74) is 1.60. The monoisotopic (exact) mass is 233 g/mol. The molecule has 1 atom stereocenters. The van der Waals surface area contributed by atoms with E-state index in [1.54, 1.807) is 6.20 Å². The van der Waals surface area contributed by atoms with Crippen LogP contribution in [0.5, 0.6) is 5.75 Å². The molecule has 90 valence electrons. The van der Waals surface area contributed by atoms with Gasteiger partial charge in [-0.25, -0.2) is 9.67 Å². The van der Waals surface area contributed by atoms with E-state index in [1.807, 2.05) is 11.6 Å². The second-order valence-electron chi connectivity index (χ2n) is 4.42. The van der Waals surface area contributed by atoms with Crippen LogP contribution in [0.2, 0.25) is 0 Å². The summed E-state index contributed by atoms with van der Waals surface area (Å²) in [5, 5.41) is 14.8. The lowest BCUT2D eigenvalue weighted by Crippen LogP contribution is -2.19. The van der Waals surface area contributed by atoms with Gasteiger partial charge >= 0.3 is 0 Å². The first-order valence-electron chi connectivity index (χ1n) is 5.91. The standard InChI is InChI=1S/C12H15N3O2/c1-8-9-6-14-15(11-4-2-3-5-17-11)12(9)13-7-10(8)16/h6-7,11,16H,2-5H2,1H3. The van der Waals surface area contributed by atoms with Crippen molar-refractivity contribution in [2.45, 2.75) is 32.4 Å². The smallest absolute Gasteiger partial charge is 0.160 e. The van der Waals surface area contributed by atoms with Gasteiger partial charge in [0, 0.05) is 17.6 Å². The maximum absolute atomic E-state index is 9.61. The highest BCUT2D eigenvalue weighted by atomic mass is 16.5. The summed E-state index contributed by atoms with van der Waals surface area (Å²) in [6, 6.07) is 0. The second-order valence-corrected chi connectivity index (χ2v) is 4.42. The number of rotatable bonds is 1. The van der Waals surface area contributed by atoms with Gasteiger partial charge in [-0.1, -0.05) is 0 Å². The fourth-order valence-corrected chi connectivity index (χ4v) is 2.23. The first-order chi connectivity index (χ1) is 8.27. The summed E-state index contributed by atoms with van der Waals surface area (Å²) >= 11 is 0. The third kappa shape index (κ3) is 1.67. The SMILES string of the molecule is Cc1c(O)cnc2c1cnn2C1CCCCO1. The van der Waals surface area contributed by atoms with E-state index in [1.165, 1.54) is 6.20 Å². The van der Waals surface area contributed by atoms with Crippen LogP contribution in [0.3, 0.4) is 0 Å². The van der Waals surface area contributed by atoms with Crippen LogP contribution in [-0.2, 0) is 4.74 Å². The van der Waals surface area contributed by atoms with Crippen LogP contribution in [0.1, 0.15) is 31.1 Å². The summed E-state index contributed by atoms with van der Waals surface area (Å²) in [4.78, 5) is 4.25. The normalized spacial score (nSPS) is 20.9. The summed E-state index contributed by atoms with van der Waals surface area (Å²) in [6.45, 7) is 2.65. The Kier molecular flexibility index (Phi) is 2.48. The molecular formula is C12H15N3O2. The van der Waals surface area contributed by atoms with E-state index in [0.29, 0.717) is 0 Å². The van der Waals surface area contributed by atoms with E-state index >= 15 is 0 Å². The Labute approximate surface area is 99.0 Å². The average Bonchev–Trinajstić information content (AvgIpc) is 2.79. The lowest BCUT2D eigenvalue weighted by Gasteiger charge is -2.23. The fourth-order valence-electron chi connectivity index (χ4n) is 2.23. The van der Waals surface area contributed by atoms with E-state index in [9.17, 15) is 5.11 Å². The number of aromatic nitrogens is 3. The number of hydrogen-bond donors (Lipinski definition) is 1. The Morgan fingerprint density at radius 3 is 3.06 bits per heavy atom. The molecule has 0 amide bonds. The zero-order chi connectivity index (χ0) is 11.8. The molecule has 1 N–H and O–H groups in total. The molecule has 2 aromatic rings. The molecule has 5 heteroatoms. The van der Waals surface area contributed by atoms with E-state index in [-0.39, 0.29) is 12.0 Å². The molecule has 0 bridgehead atoms. The lowest BCUT2D eigenvalue weighted by atomic mass is 10.2. The lowest BCUT2D eigenvalue weighted by molar-refractivity contribution is -0.0370. The van der Waals surface area contributed by atoms with E-state index in [0.717, 1.165) is 42.5 Å². The van der Waals surface area contributed by atoms with Gasteiger partial charge in [0.25, 0.3) is 0 Å². The predicted molar refractivity (Wildman–Crippen MR) is 62.8 cm³/mol. The Morgan fingerprint density at radius 2 is 2.29 bits per heavy atom. The van der Waals surface area contributed by atoms with E-state index < -0.39 is 0 Å². The summed E-state index contributed by atoms with van der Waals surface area (Å²) in [7, 11) is 0. The van der Waals surface area contributed by atoms with Crippen LogP contribution in [0.15, 0.2) is 12.4 Å². The largest absolute Gasteiger partial charge is 0.506 e. The maximum Gasteiger partial charge on any atom is 0.160 e. The average molecular weight is 233 g/mol. The molecule has 0 radical (unpaired) electrons. The molecule has 1 fully saturated rings. The van der Waals surface area contributed by atoms with Gasteiger partial charge in [0.15, 0.2) is 11.9 Å². The molecule has 3 heterocycles. The zero-order valence-corrected chi connectivity index (χ0v) is 9.76. The van der Waals surface area contributed by atoms with Crippen molar-refractivity contribution in [2.75, 3.05) is 6.61 Å². The van der Waals surface area contributed by atoms with Gasteiger partial charge in [-0.05, 0) is 26.2 Å². The van der Waals surface area contributed by atoms with Gasteiger partial charge in [0.1, 0.15) is 5.75 Å². The van der Waals surface area contributed by atoms with Crippen molar-refractivity contribution in [1.29, 1.82) is 0 Å². The molecular weight excluding hydrogens is 218 g/mol. The minimum Gasteiger partial charge on any atom is -0.506 e. The summed E-state index contributed by atoms with van der Waals surface area (Å²) in [5.74, 6) is 0.210. The molecule has 0 saturated carbocycles. The van der Waals surface area contributed by atoms with Crippen LogP contribution < -0.4 is 0 Å². The minimum atomic E-state index is -0.0160. The van der Waals surface area contributed by atoms with Gasteiger partial charge in [-0.2, -0.15) is 5.10 Å². The first-order valence-corrected chi connectivity index (χ1v) is 5.91. The van der Waals surface area contributed by atoms with E-state index in [4.69, 9.17) is 4.74 Å². The summed E-state index contributed by atoms with van der Waals surface area (Å²) in [6.07, 6.45) is 6.44.